The van der Waals surface area contributed by atoms with Crippen molar-refractivity contribution in [2.45, 2.75) is 18.5 Å². The molecule has 1 aromatic rings. The molecular weight excluding hydrogens is 279 g/mol. The quantitative estimate of drug-likeness (QED) is 0.811. The average molecular weight is 290 g/mol. The Labute approximate surface area is 105 Å². The molecule has 0 radical (unpaired) electrons. The van der Waals surface area contributed by atoms with Crippen LogP contribution >= 0.6 is 34.7 Å². The van der Waals surface area contributed by atoms with E-state index >= 15 is 0 Å². The van der Waals surface area contributed by atoms with Gasteiger partial charge in [0, 0.05) is 18.3 Å². The molecule has 0 saturated carbocycles. The SMILES string of the molecule is CC(NCCSC(F)(F)F)c1csc(Cl)c1. The smallest absolute Gasteiger partial charge is 0.309 e. The highest BCUT2D eigenvalue weighted by Crippen LogP contribution is 2.29. The van der Waals surface area contributed by atoms with Crippen molar-refractivity contribution in [1.29, 1.82) is 0 Å². The maximum atomic E-state index is 11.8. The summed E-state index contributed by atoms with van der Waals surface area (Å²) in [5, 5.41) is 4.91. The van der Waals surface area contributed by atoms with Gasteiger partial charge in [-0.25, -0.2) is 0 Å². The molecule has 0 spiro atoms. The molecule has 92 valence electrons. The molecule has 16 heavy (non-hydrogen) atoms. The fourth-order valence-electron chi connectivity index (χ4n) is 1.11. The number of nitrogens with one attached hydrogen (secondary N) is 1. The van der Waals surface area contributed by atoms with Crippen molar-refractivity contribution in [3.63, 3.8) is 0 Å². The standard InChI is InChI=1S/C9H11ClF3NS2/c1-6(7-4-8(10)15-5-7)14-2-3-16-9(11,12)13/h4-6,14H,2-3H2,1H3. The van der Waals surface area contributed by atoms with Crippen molar-refractivity contribution in [3.8, 4) is 0 Å². The third kappa shape index (κ3) is 5.43. The Morgan fingerprint density at radius 3 is 2.75 bits per heavy atom. The second-order valence-corrected chi connectivity index (χ2v) is 5.86. The molecule has 7 heteroatoms. The Morgan fingerprint density at radius 1 is 1.56 bits per heavy atom. The van der Waals surface area contributed by atoms with Crippen LogP contribution in [-0.2, 0) is 0 Å². The van der Waals surface area contributed by atoms with Crippen LogP contribution in [0.25, 0.3) is 0 Å². The van der Waals surface area contributed by atoms with Gasteiger partial charge in [-0.05, 0) is 35.7 Å². The zero-order chi connectivity index (χ0) is 12.2. The number of rotatable bonds is 5. The summed E-state index contributed by atoms with van der Waals surface area (Å²) >= 11 is 7.17. The van der Waals surface area contributed by atoms with Gasteiger partial charge < -0.3 is 5.32 Å². The summed E-state index contributed by atoms with van der Waals surface area (Å²) < 4.78 is 36.2. The molecule has 0 bridgehead atoms. The molecule has 0 amide bonds. The topological polar surface area (TPSA) is 12.0 Å². The van der Waals surface area contributed by atoms with Gasteiger partial charge in [-0.15, -0.1) is 11.3 Å². The summed E-state index contributed by atoms with van der Waals surface area (Å²) in [7, 11) is 0. The van der Waals surface area contributed by atoms with E-state index in [1.807, 2.05) is 18.4 Å². The number of halogens is 4. The molecular formula is C9H11ClF3NS2. The lowest BCUT2D eigenvalue weighted by Gasteiger charge is -2.12. The first kappa shape index (κ1) is 14.2. The van der Waals surface area contributed by atoms with E-state index in [0.29, 0.717) is 10.9 Å². The predicted molar refractivity (Wildman–Crippen MR) is 64.3 cm³/mol. The lowest BCUT2D eigenvalue weighted by molar-refractivity contribution is -0.0327. The number of thiophene rings is 1. The van der Waals surface area contributed by atoms with Crippen molar-refractivity contribution in [1.82, 2.24) is 5.32 Å². The molecule has 1 N–H and O–H groups in total. The molecule has 0 aliphatic carbocycles. The van der Waals surface area contributed by atoms with Crippen molar-refractivity contribution in [3.05, 3.63) is 21.3 Å². The monoisotopic (exact) mass is 289 g/mol. The minimum Gasteiger partial charge on any atom is -0.309 e. The number of thioether (sulfide) groups is 1. The molecule has 0 fully saturated rings. The van der Waals surface area contributed by atoms with Crippen molar-refractivity contribution in [2.24, 2.45) is 0 Å². The summed E-state index contributed by atoms with van der Waals surface area (Å²) in [6.45, 7) is 2.22. The number of hydrogen-bond acceptors (Lipinski definition) is 3. The first-order chi connectivity index (χ1) is 7.38. The Hall–Kier alpha value is 0.0900. The van der Waals surface area contributed by atoms with Crippen LogP contribution < -0.4 is 5.32 Å². The highest BCUT2D eigenvalue weighted by atomic mass is 35.5. The lowest BCUT2D eigenvalue weighted by Crippen LogP contribution is -2.22. The molecule has 0 aliphatic heterocycles. The third-order valence-corrected chi connectivity index (χ3v) is 3.75. The molecule has 0 aromatic carbocycles. The summed E-state index contributed by atoms with van der Waals surface area (Å²) in [6.07, 6.45) is 0. The Bertz CT molecular complexity index is 327. The first-order valence-corrected chi connectivity index (χ1v) is 6.81. The molecule has 1 aromatic heterocycles. The van der Waals surface area contributed by atoms with Crippen LogP contribution in [0, 0.1) is 0 Å². The minimum atomic E-state index is -4.14. The molecule has 1 rings (SSSR count). The maximum Gasteiger partial charge on any atom is 0.441 e. The van der Waals surface area contributed by atoms with E-state index in [0.717, 1.165) is 5.56 Å². The average Bonchev–Trinajstić information content (AvgIpc) is 2.57. The number of alkyl halides is 3. The van der Waals surface area contributed by atoms with Crippen molar-refractivity contribution < 1.29 is 13.2 Å². The molecule has 0 aliphatic rings. The van der Waals surface area contributed by atoms with Gasteiger partial charge in [0.05, 0.1) is 4.34 Å². The van der Waals surface area contributed by atoms with Crippen LogP contribution in [0.5, 0.6) is 0 Å². The zero-order valence-corrected chi connectivity index (χ0v) is 10.9. The van der Waals surface area contributed by atoms with Crippen molar-refractivity contribution >= 4 is 34.7 Å². The predicted octanol–water partition coefficient (Wildman–Crippen LogP) is 4.31. The third-order valence-electron chi connectivity index (χ3n) is 1.91. The molecule has 1 nitrogen and oxygen atoms in total. The van der Waals surface area contributed by atoms with Gasteiger partial charge in [0.1, 0.15) is 0 Å². The van der Waals surface area contributed by atoms with E-state index in [9.17, 15) is 13.2 Å². The van der Waals surface area contributed by atoms with E-state index in [1.54, 1.807) is 0 Å². The van der Waals surface area contributed by atoms with Crippen molar-refractivity contribution in [2.75, 3.05) is 12.3 Å². The Morgan fingerprint density at radius 2 is 2.25 bits per heavy atom. The normalized spacial score (nSPS) is 14.1. The summed E-state index contributed by atoms with van der Waals surface area (Å²) in [6, 6.07) is 1.85. The summed E-state index contributed by atoms with van der Waals surface area (Å²) in [4.78, 5) is 0. The van der Waals surface area contributed by atoms with Crippen LogP contribution in [0.4, 0.5) is 13.2 Å². The van der Waals surface area contributed by atoms with Crippen LogP contribution in [0.15, 0.2) is 11.4 Å². The van der Waals surface area contributed by atoms with E-state index in [-0.39, 0.29) is 23.6 Å². The van der Waals surface area contributed by atoms with Crippen LogP contribution in [-0.4, -0.2) is 17.8 Å². The van der Waals surface area contributed by atoms with Crippen LogP contribution in [0.1, 0.15) is 18.5 Å². The van der Waals surface area contributed by atoms with Gasteiger partial charge in [0.2, 0.25) is 0 Å². The zero-order valence-electron chi connectivity index (χ0n) is 8.47. The van der Waals surface area contributed by atoms with E-state index < -0.39 is 5.51 Å². The van der Waals surface area contributed by atoms with Crippen LogP contribution in [0.2, 0.25) is 4.34 Å². The Balaban J connectivity index is 2.23. The molecule has 1 atom stereocenters. The first-order valence-electron chi connectivity index (χ1n) is 4.56. The van der Waals surface area contributed by atoms with Gasteiger partial charge in [-0.1, -0.05) is 11.6 Å². The lowest BCUT2D eigenvalue weighted by atomic mass is 10.2. The van der Waals surface area contributed by atoms with E-state index in [1.165, 1.54) is 11.3 Å². The fourth-order valence-corrected chi connectivity index (χ4v) is 2.55. The number of hydrogen-bond donors (Lipinski definition) is 1. The van der Waals surface area contributed by atoms with E-state index in [2.05, 4.69) is 5.32 Å². The molecule has 0 saturated heterocycles. The second-order valence-electron chi connectivity index (χ2n) is 3.15. The van der Waals surface area contributed by atoms with E-state index in [4.69, 9.17) is 11.6 Å². The van der Waals surface area contributed by atoms with Gasteiger partial charge in [-0.3, -0.25) is 0 Å². The fraction of sp³-hybridized carbons (Fsp3) is 0.556. The van der Waals surface area contributed by atoms with Gasteiger partial charge in [0.25, 0.3) is 0 Å². The Kier molecular flexibility index (Phi) is 5.43. The largest absolute Gasteiger partial charge is 0.441 e. The summed E-state index contributed by atoms with van der Waals surface area (Å²) in [5.41, 5.74) is -3.14. The van der Waals surface area contributed by atoms with Gasteiger partial charge in [-0.2, -0.15) is 13.2 Å². The summed E-state index contributed by atoms with van der Waals surface area (Å²) in [5.74, 6) is 0.0196. The van der Waals surface area contributed by atoms with Gasteiger partial charge >= 0.3 is 5.51 Å². The second kappa shape index (κ2) is 6.14. The molecule has 1 unspecified atom stereocenters. The maximum absolute atomic E-state index is 11.8. The minimum absolute atomic E-state index is 0.0100. The highest BCUT2D eigenvalue weighted by molar-refractivity contribution is 8.00. The molecule has 1 heterocycles. The highest BCUT2D eigenvalue weighted by Gasteiger charge is 2.27. The van der Waals surface area contributed by atoms with Gasteiger partial charge in [0.15, 0.2) is 0 Å². The van der Waals surface area contributed by atoms with Crippen LogP contribution in [0.3, 0.4) is 0 Å².